The summed E-state index contributed by atoms with van der Waals surface area (Å²) in [6.45, 7) is 6.44. The quantitative estimate of drug-likeness (QED) is 0.604. The molecule has 0 spiro atoms. The van der Waals surface area contributed by atoms with Crippen LogP contribution < -0.4 is 15.4 Å². The number of aryl methyl sites for hydroxylation is 1. The molecular formula is C17H24N4OS. The molecule has 2 N–H and O–H groups in total. The van der Waals surface area contributed by atoms with E-state index in [1.165, 1.54) is 9.75 Å². The van der Waals surface area contributed by atoms with Crippen LogP contribution in [0.15, 0.2) is 35.5 Å². The molecule has 0 atom stereocenters. The summed E-state index contributed by atoms with van der Waals surface area (Å²) in [5, 5.41) is 6.64. The summed E-state index contributed by atoms with van der Waals surface area (Å²) >= 11 is 1.84. The standard InChI is InChI=1S/C17H24N4OS/c1-4-14-7-8-15(23-14)12-21-17(18-5-2)20-11-13-6-9-16(22-3)19-10-13/h6-10H,4-5,11-12H2,1-3H3,(H2,18,20,21). The molecule has 0 unspecified atom stereocenters. The Morgan fingerprint density at radius 3 is 2.61 bits per heavy atom. The predicted molar refractivity (Wildman–Crippen MR) is 96.1 cm³/mol. The van der Waals surface area contributed by atoms with E-state index in [9.17, 15) is 0 Å². The Bertz CT molecular complexity index is 622. The summed E-state index contributed by atoms with van der Waals surface area (Å²) in [6, 6.07) is 8.19. The van der Waals surface area contributed by atoms with Gasteiger partial charge in [-0.2, -0.15) is 0 Å². The SMILES string of the molecule is CCNC(=NCc1ccc(OC)nc1)NCc1ccc(CC)s1. The van der Waals surface area contributed by atoms with Crippen LogP contribution >= 0.6 is 11.3 Å². The average Bonchev–Trinajstić information content (AvgIpc) is 3.06. The van der Waals surface area contributed by atoms with Crippen LogP contribution in [-0.4, -0.2) is 24.6 Å². The van der Waals surface area contributed by atoms with E-state index in [1.807, 2.05) is 23.5 Å². The number of hydrogen-bond donors (Lipinski definition) is 2. The van der Waals surface area contributed by atoms with Crippen LogP contribution in [0.25, 0.3) is 0 Å². The van der Waals surface area contributed by atoms with Gasteiger partial charge in [0.05, 0.1) is 20.2 Å². The van der Waals surface area contributed by atoms with Gasteiger partial charge in [0, 0.05) is 28.6 Å². The molecule has 2 aromatic rings. The molecule has 0 aliphatic carbocycles. The minimum Gasteiger partial charge on any atom is -0.481 e. The highest BCUT2D eigenvalue weighted by atomic mass is 32.1. The van der Waals surface area contributed by atoms with Crippen LogP contribution in [0.1, 0.15) is 29.2 Å². The smallest absolute Gasteiger partial charge is 0.212 e. The second kappa shape index (κ2) is 9.15. The maximum absolute atomic E-state index is 5.06. The number of thiophene rings is 1. The number of pyridine rings is 1. The van der Waals surface area contributed by atoms with Gasteiger partial charge in [-0.15, -0.1) is 11.3 Å². The van der Waals surface area contributed by atoms with E-state index in [4.69, 9.17) is 4.74 Å². The minimum absolute atomic E-state index is 0.580. The first kappa shape index (κ1) is 17.3. The number of guanidine groups is 1. The number of methoxy groups -OCH3 is 1. The summed E-state index contributed by atoms with van der Waals surface area (Å²) in [5.41, 5.74) is 1.05. The van der Waals surface area contributed by atoms with Crippen molar-refractivity contribution in [1.82, 2.24) is 15.6 Å². The third kappa shape index (κ3) is 5.56. The molecule has 2 aromatic heterocycles. The number of aromatic nitrogens is 1. The van der Waals surface area contributed by atoms with Gasteiger partial charge >= 0.3 is 0 Å². The zero-order valence-electron chi connectivity index (χ0n) is 13.9. The predicted octanol–water partition coefficient (Wildman–Crippen LogP) is 2.97. The first-order chi connectivity index (χ1) is 11.2. The molecule has 0 radical (unpaired) electrons. The van der Waals surface area contributed by atoms with E-state index < -0.39 is 0 Å². The maximum atomic E-state index is 5.06. The summed E-state index contributed by atoms with van der Waals surface area (Å²) < 4.78 is 5.06. The van der Waals surface area contributed by atoms with Crippen molar-refractivity contribution in [2.75, 3.05) is 13.7 Å². The molecule has 0 aromatic carbocycles. The van der Waals surface area contributed by atoms with Crippen molar-refractivity contribution in [2.45, 2.75) is 33.4 Å². The zero-order chi connectivity index (χ0) is 16.5. The van der Waals surface area contributed by atoms with Gasteiger partial charge < -0.3 is 15.4 Å². The molecule has 0 aliphatic rings. The molecule has 2 heterocycles. The number of aliphatic imine (C=N–C) groups is 1. The van der Waals surface area contributed by atoms with E-state index in [0.29, 0.717) is 12.4 Å². The Balaban J connectivity index is 1.93. The van der Waals surface area contributed by atoms with Gasteiger partial charge in [0.25, 0.3) is 0 Å². The van der Waals surface area contributed by atoms with Crippen molar-refractivity contribution < 1.29 is 4.74 Å². The topological polar surface area (TPSA) is 58.5 Å². The second-order valence-corrected chi connectivity index (χ2v) is 6.23. The first-order valence-electron chi connectivity index (χ1n) is 7.83. The lowest BCUT2D eigenvalue weighted by Crippen LogP contribution is -2.36. The monoisotopic (exact) mass is 332 g/mol. The lowest BCUT2D eigenvalue weighted by Gasteiger charge is -2.10. The molecule has 6 heteroatoms. The van der Waals surface area contributed by atoms with Crippen molar-refractivity contribution >= 4 is 17.3 Å². The molecule has 0 amide bonds. The molecule has 0 fully saturated rings. The highest BCUT2D eigenvalue weighted by Gasteiger charge is 2.02. The van der Waals surface area contributed by atoms with Crippen molar-refractivity contribution in [3.05, 3.63) is 45.8 Å². The lowest BCUT2D eigenvalue weighted by molar-refractivity contribution is 0.397. The summed E-state index contributed by atoms with van der Waals surface area (Å²) in [4.78, 5) is 11.5. The van der Waals surface area contributed by atoms with Crippen LogP contribution in [0, 0.1) is 0 Å². The molecule has 124 valence electrons. The molecule has 23 heavy (non-hydrogen) atoms. The third-order valence-electron chi connectivity index (χ3n) is 3.27. The van der Waals surface area contributed by atoms with Crippen LogP contribution in [0.4, 0.5) is 0 Å². The highest BCUT2D eigenvalue weighted by molar-refractivity contribution is 7.11. The molecule has 0 aliphatic heterocycles. The number of rotatable bonds is 7. The van der Waals surface area contributed by atoms with Crippen LogP contribution in [0.5, 0.6) is 5.88 Å². The van der Waals surface area contributed by atoms with Crippen molar-refractivity contribution in [1.29, 1.82) is 0 Å². The van der Waals surface area contributed by atoms with E-state index in [0.717, 1.165) is 31.0 Å². The minimum atomic E-state index is 0.580. The molecule has 0 bridgehead atoms. The average molecular weight is 332 g/mol. The number of nitrogens with zero attached hydrogens (tertiary/aromatic N) is 2. The van der Waals surface area contributed by atoms with E-state index in [1.54, 1.807) is 13.3 Å². The molecule has 0 saturated carbocycles. The largest absolute Gasteiger partial charge is 0.481 e. The fourth-order valence-corrected chi connectivity index (χ4v) is 2.91. The summed E-state index contributed by atoms with van der Waals surface area (Å²) in [7, 11) is 1.61. The van der Waals surface area contributed by atoms with Gasteiger partial charge in [-0.3, -0.25) is 0 Å². The fourth-order valence-electron chi connectivity index (χ4n) is 2.02. The van der Waals surface area contributed by atoms with Gasteiger partial charge in [0.1, 0.15) is 0 Å². The van der Waals surface area contributed by atoms with Gasteiger partial charge in [0.2, 0.25) is 5.88 Å². The highest BCUT2D eigenvalue weighted by Crippen LogP contribution is 2.16. The molecule has 5 nitrogen and oxygen atoms in total. The molecule has 2 rings (SSSR count). The van der Waals surface area contributed by atoms with Gasteiger partial charge in [-0.1, -0.05) is 13.0 Å². The van der Waals surface area contributed by atoms with Crippen LogP contribution in [0.3, 0.4) is 0 Å². The fraction of sp³-hybridized carbons (Fsp3) is 0.412. The second-order valence-electron chi connectivity index (χ2n) is 4.98. The van der Waals surface area contributed by atoms with Gasteiger partial charge in [0.15, 0.2) is 5.96 Å². The Hall–Kier alpha value is -2.08. The van der Waals surface area contributed by atoms with Crippen molar-refractivity contribution in [2.24, 2.45) is 4.99 Å². The zero-order valence-corrected chi connectivity index (χ0v) is 14.7. The molecule has 0 saturated heterocycles. The number of ether oxygens (including phenoxy) is 1. The van der Waals surface area contributed by atoms with Crippen molar-refractivity contribution in [3.8, 4) is 5.88 Å². The summed E-state index contributed by atoms with van der Waals surface area (Å²) in [5.74, 6) is 1.43. The normalized spacial score (nSPS) is 11.3. The Morgan fingerprint density at radius 1 is 1.17 bits per heavy atom. The number of hydrogen-bond acceptors (Lipinski definition) is 4. The van der Waals surface area contributed by atoms with E-state index in [-0.39, 0.29) is 0 Å². The molecular weight excluding hydrogens is 308 g/mol. The van der Waals surface area contributed by atoms with Crippen LogP contribution in [0.2, 0.25) is 0 Å². The van der Waals surface area contributed by atoms with Gasteiger partial charge in [-0.05, 0) is 31.0 Å². The van der Waals surface area contributed by atoms with Crippen molar-refractivity contribution in [3.63, 3.8) is 0 Å². The van der Waals surface area contributed by atoms with Crippen LogP contribution in [-0.2, 0) is 19.5 Å². The Morgan fingerprint density at radius 2 is 2.00 bits per heavy atom. The summed E-state index contributed by atoms with van der Waals surface area (Å²) in [6.07, 6.45) is 2.88. The first-order valence-corrected chi connectivity index (χ1v) is 8.65. The Kier molecular flexibility index (Phi) is 6.87. The van der Waals surface area contributed by atoms with Gasteiger partial charge in [-0.25, -0.2) is 9.98 Å². The Labute approximate surface area is 141 Å². The maximum Gasteiger partial charge on any atom is 0.212 e. The van der Waals surface area contributed by atoms with E-state index >= 15 is 0 Å². The third-order valence-corrected chi connectivity index (χ3v) is 4.50. The number of nitrogens with one attached hydrogen (secondary N) is 2. The van der Waals surface area contributed by atoms with E-state index in [2.05, 4.69) is 46.6 Å². The lowest BCUT2D eigenvalue weighted by atomic mass is 10.3.